The monoisotopic (exact) mass is 266 g/mol. The Kier molecular flexibility index (Phi) is 3.03. The molecule has 2 aromatic rings. The minimum Gasteiger partial charge on any atom is -0.338 e. The molecule has 1 unspecified atom stereocenters. The zero-order valence-electron chi connectivity index (χ0n) is 9.08. The highest BCUT2D eigenvalue weighted by Gasteiger charge is 2.20. The van der Waals surface area contributed by atoms with E-state index in [1.165, 1.54) is 0 Å². The smallest absolute Gasteiger partial charge is 0.226 e. The van der Waals surface area contributed by atoms with Crippen molar-refractivity contribution in [1.29, 1.82) is 0 Å². The van der Waals surface area contributed by atoms with Gasteiger partial charge in [0, 0.05) is 25.0 Å². The summed E-state index contributed by atoms with van der Waals surface area (Å²) in [5, 5.41) is 0. The highest BCUT2D eigenvalue weighted by molar-refractivity contribution is 8.01. The summed E-state index contributed by atoms with van der Waals surface area (Å²) in [6.07, 6.45) is 3.51. The molecule has 0 bridgehead atoms. The van der Waals surface area contributed by atoms with Crippen molar-refractivity contribution in [3.63, 3.8) is 0 Å². The average molecular weight is 267 g/mol. The predicted octanol–water partition coefficient (Wildman–Crippen LogP) is 2.14. The van der Waals surface area contributed by atoms with Crippen LogP contribution in [-0.4, -0.2) is 38.5 Å². The molecule has 0 aromatic carbocycles. The van der Waals surface area contributed by atoms with Crippen LogP contribution in [0.2, 0.25) is 0 Å². The van der Waals surface area contributed by atoms with Crippen molar-refractivity contribution in [3.05, 3.63) is 24.5 Å². The van der Waals surface area contributed by atoms with Gasteiger partial charge in [-0.3, -0.25) is 4.98 Å². The van der Waals surface area contributed by atoms with Gasteiger partial charge in [0.25, 0.3) is 0 Å². The lowest BCUT2D eigenvalue weighted by Crippen LogP contribution is -2.36. The van der Waals surface area contributed by atoms with Crippen LogP contribution in [0, 0.1) is 0 Å². The van der Waals surface area contributed by atoms with Gasteiger partial charge in [-0.15, -0.1) is 23.4 Å². The molecule has 17 heavy (non-hydrogen) atoms. The maximum absolute atomic E-state index is 6.13. The standard InChI is InChI=1S/C11H11ClN4S/c12-10-7-16(4-5-17-10)11-14-6-9-8(15-11)2-1-3-13-9/h1-3,6,10H,4-5,7H2. The second-order valence-corrected chi connectivity index (χ2v) is 5.90. The molecule has 6 heteroatoms. The molecule has 3 heterocycles. The highest BCUT2D eigenvalue weighted by Crippen LogP contribution is 2.24. The van der Waals surface area contributed by atoms with Crippen LogP contribution in [-0.2, 0) is 0 Å². The van der Waals surface area contributed by atoms with Crippen molar-refractivity contribution in [1.82, 2.24) is 15.0 Å². The van der Waals surface area contributed by atoms with E-state index in [0.29, 0.717) is 0 Å². The Bertz CT molecular complexity index is 536. The lowest BCUT2D eigenvalue weighted by atomic mass is 10.4. The number of thioether (sulfide) groups is 1. The van der Waals surface area contributed by atoms with Crippen LogP contribution in [0.1, 0.15) is 0 Å². The fourth-order valence-electron chi connectivity index (χ4n) is 1.80. The van der Waals surface area contributed by atoms with E-state index in [1.807, 2.05) is 12.1 Å². The molecule has 1 fully saturated rings. The molecule has 0 radical (unpaired) electrons. The minimum absolute atomic E-state index is 0.122. The summed E-state index contributed by atoms with van der Waals surface area (Å²) in [5.41, 5.74) is 1.70. The highest BCUT2D eigenvalue weighted by atomic mass is 35.5. The zero-order chi connectivity index (χ0) is 11.7. The molecule has 0 aliphatic carbocycles. The normalized spacial score (nSPS) is 20.8. The lowest BCUT2D eigenvalue weighted by Gasteiger charge is -2.29. The molecular formula is C11H11ClN4S. The fourth-order valence-corrected chi connectivity index (χ4v) is 3.10. The molecule has 0 spiro atoms. The summed E-state index contributed by atoms with van der Waals surface area (Å²) in [6.45, 7) is 1.73. The summed E-state index contributed by atoms with van der Waals surface area (Å²) < 4.78 is 0.122. The molecule has 3 rings (SSSR count). The van der Waals surface area contributed by atoms with Gasteiger partial charge < -0.3 is 4.90 Å². The number of nitrogens with zero attached hydrogens (tertiary/aromatic N) is 4. The van der Waals surface area contributed by atoms with Gasteiger partial charge in [-0.1, -0.05) is 0 Å². The zero-order valence-corrected chi connectivity index (χ0v) is 10.7. The number of alkyl halides is 1. The third kappa shape index (κ3) is 2.30. The van der Waals surface area contributed by atoms with Gasteiger partial charge in [-0.2, -0.15) is 0 Å². The Morgan fingerprint density at radius 3 is 3.18 bits per heavy atom. The molecule has 1 saturated heterocycles. The van der Waals surface area contributed by atoms with Gasteiger partial charge in [0.1, 0.15) is 5.52 Å². The number of halogens is 1. The van der Waals surface area contributed by atoms with E-state index in [9.17, 15) is 0 Å². The second-order valence-electron chi connectivity index (χ2n) is 3.80. The number of aromatic nitrogens is 3. The Balaban J connectivity index is 1.94. The van der Waals surface area contributed by atoms with Gasteiger partial charge in [-0.25, -0.2) is 9.97 Å². The Hall–Kier alpha value is -1.07. The summed E-state index contributed by atoms with van der Waals surface area (Å²) in [7, 11) is 0. The molecule has 4 nitrogen and oxygen atoms in total. The van der Waals surface area contributed by atoms with Crippen molar-refractivity contribution >= 4 is 40.3 Å². The van der Waals surface area contributed by atoms with Crippen molar-refractivity contribution in [2.75, 3.05) is 23.7 Å². The van der Waals surface area contributed by atoms with Crippen LogP contribution in [0.3, 0.4) is 0 Å². The molecule has 2 aromatic heterocycles. The quantitative estimate of drug-likeness (QED) is 0.740. The number of pyridine rings is 1. The molecule has 1 aliphatic heterocycles. The summed E-state index contributed by atoms with van der Waals surface area (Å²) in [6, 6.07) is 3.83. The van der Waals surface area contributed by atoms with Crippen molar-refractivity contribution in [2.45, 2.75) is 4.71 Å². The third-order valence-corrected chi connectivity index (χ3v) is 4.09. The van der Waals surface area contributed by atoms with Crippen LogP contribution >= 0.6 is 23.4 Å². The topological polar surface area (TPSA) is 41.9 Å². The molecule has 88 valence electrons. The number of fused-ring (bicyclic) bond motifs is 1. The largest absolute Gasteiger partial charge is 0.338 e. The van der Waals surface area contributed by atoms with Gasteiger partial charge >= 0.3 is 0 Å². The van der Waals surface area contributed by atoms with Gasteiger partial charge in [0.05, 0.1) is 16.4 Å². The number of hydrogen-bond donors (Lipinski definition) is 0. The molecule has 1 aliphatic rings. The van der Waals surface area contributed by atoms with E-state index in [4.69, 9.17) is 11.6 Å². The van der Waals surface area contributed by atoms with Crippen molar-refractivity contribution < 1.29 is 0 Å². The third-order valence-electron chi connectivity index (χ3n) is 2.65. The second kappa shape index (κ2) is 4.66. The van der Waals surface area contributed by atoms with E-state index in [2.05, 4.69) is 19.9 Å². The minimum atomic E-state index is 0.122. The Labute approximate surface area is 108 Å². The fraction of sp³-hybridized carbons (Fsp3) is 0.364. The van der Waals surface area contributed by atoms with Gasteiger partial charge in [-0.05, 0) is 12.1 Å². The number of anilines is 1. The van der Waals surface area contributed by atoms with Gasteiger partial charge in [0.2, 0.25) is 5.95 Å². The van der Waals surface area contributed by atoms with E-state index in [0.717, 1.165) is 35.8 Å². The SMILES string of the molecule is ClC1CN(c2ncc3ncccc3n2)CCS1. The van der Waals surface area contributed by atoms with E-state index < -0.39 is 0 Å². The van der Waals surface area contributed by atoms with Crippen molar-refractivity contribution in [2.24, 2.45) is 0 Å². The van der Waals surface area contributed by atoms with E-state index in [-0.39, 0.29) is 4.71 Å². The first kappa shape index (κ1) is 11.0. The van der Waals surface area contributed by atoms with Crippen LogP contribution < -0.4 is 4.90 Å². The molecular weight excluding hydrogens is 256 g/mol. The predicted molar refractivity (Wildman–Crippen MR) is 71.6 cm³/mol. The number of hydrogen-bond acceptors (Lipinski definition) is 5. The first-order valence-electron chi connectivity index (χ1n) is 5.41. The van der Waals surface area contributed by atoms with Crippen LogP contribution in [0.5, 0.6) is 0 Å². The van der Waals surface area contributed by atoms with E-state index in [1.54, 1.807) is 24.2 Å². The Morgan fingerprint density at radius 2 is 2.29 bits per heavy atom. The first-order chi connectivity index (χ1) is 8.33. The van der Waals surface area contributed by atoms with Crippen LogP contribution in [0.4, 0.5) is 5.95 Å². The molecule has 0 N–H and O–H groups in total. The molecule has 0 saturated carbocycles. The maximum atomic E-state index is 6.13. The Morgan fingerprint density at radius 1 is 1.35 bits per heavy atom. The number of rotatable bonds is 1. The average Bonchev–Trinajstić information content (AvgIpc) is 2.38. The summed E-state index contributed by atoms with van der Waals surface area (Å²) in [5.74, 6) is 1.76. The summed E-state index contributed by atoms with van der Waals surface area (Å²) in [4.78, 5) is 15.2. The van der Waals surface area contributed by atoms with E-state index >= 15 is 0 Å². The maximum Gasteiger partial charge on any atom is 0.226 e. The van der Waals surface area contributed by atoms with Crippen molar-refractivity contribution in [3.8, 4) is 0 Å². The molecule has 0 amide bonds. The van der Waals surface area contributed by atoms with Crippen LogP contribution in [0.15, 0.2) is 24.5 Å². The van der Waals surface area contributed by atoms with Gasteiger partial charge in [0.15, 0.2) is 0 Å². The summed E-state index contributed by atoms with van der Waals surface area (Å²) >= 11 is 7.91. The lowest BCUT2D eigenvalue weighted by molar-refractivity contribution is 0.802. The first-order valence-corrected chi connectivity index (χ1v) is 6.90. The molecule has 1 atom stereocenters. The van der Waals surface area contributed by atoms with Crippen LogP contribution in [0.25, 0.3) is 11.0 Å².